The fourth-order valence-electron chi connectivity index (χ4n) is 4.03. The summed E-state index contributed by atoms with van der Waals surface area (Å²) in [5.41, 5.74) is 5.92. The number of aromatic nitrogens is 1. The average Bonchev–Trinajstić information content (AvgIpc) is 2.86. The smallest absolute Gasteiger partial charge is 0.252 e. The normalized spacial score (nSPS) is 10.7. The van der Waals surface area contributed by atoms with Gasteiger partial charge in [-0.2, -0.15) is 0 Å². The molecule has 3 aromatic carbocycles. The maximum Gasteiger partial charge on any atom is 0.252 e. The lowest BCUT2D eigenvalue weighted by Gasteiger charge is -2.19. The first-order valence-corrected chi connectivity index (χ1v) is 11.7. The molecule has 0 aliphatic rings. The Morgan fingerprint density at radius 1 is 0.943 bits per heavy atom. The molecule has 0 atom stereocenters. The number of aryl methyl sites for hydroxylation is 1. The van der Waals surface area contributed by atoms with Crippen molar-refractivity contribution in [2.75, 3.05) is 30.4 Å². The number of para-hydroxylation sites is 1. The number of benzene rings is 3. The highest BCUT2D eigenvalue weighted by Gasteiger charge is 2.14. The number of hydrogen-bond acceptors (Lipinski definition) is 4. The highest BCUT2D eigenvalue weighted by atomic mass is 16.2. The molecule has 6 nitrogen and oxygen atoms in total. The summed E-state index contributed by atoms with van der Waals surface area (Å²) in [5, 5.41) is 6.69. The molecule has 0 aliphatic carbocycles. The van der Waals surface area contributed by atoms with Gasteiger partial charge in [-0.3, -0.25) is 9.59 Å². The standard InChI is InChI=1S/C29H30N4O2/c1-20-10-15-27-25(18-20)26(19-28(32-27)22-11-13-23(14-12-22)31-21(2)34)29(35)30-16-7-17-33(3)24-8-5-4-6-9-24/h4-6,8-15,18-19H,7,16-17H2,1-3H3,(H,30,35)(H,31,34). The summed E-state index contributed by atoms with van der Waals surface area (Å²) in [6.45, 7) is 4.90. The van der Waals surface area contributed by atoms with E-state index in [1.165, 1.54) is 6.92 Å². The molecule has 2 amide bonds. The van der Waals surface area contributed by atoms with Crippen molar-refractivity contribution in [3.8, 4) is 11.3 Å². The minimum Gasteiger partial charge on any atom is -0.375 e. The number of carbonyl (C=O) groups is 2. The van der Waals surface area contributed by atoms with Gasteiger partial charge in [-0.25, -0.2) is 4.98 Å². The number of carbonyl (C=O) groups excluding carboxylic acids is 2. The van der Waals surface area contributed by atoms with Gasteiger partial charge in [0, 0.05) is 49.4 Å². The predicted molar refractivity (Wildman–Crippen MR) is 143 cm³/mol. The number of nitrogens with one attached hydrogen (secondary N) is 2. The summed E-state index contributed by atoms with van der Waals surface area (Å²) < 4.78 is 0. The van der Waals surface area contributed by atoms with Crippen molar-refractivity contribution in [2.45, 2.75) is 20.3 Å². The van der Waals surface area contributed by atoms with E-state index in [0.29, 0.717) is 17.8 Å². The lowest BCUT2D eigenvalue weighted by molar-refractivity contribution is -0.114. The first-order chi connectivity index (χ1) is 16.9. The Morgan fingerprint density at radius 2 is 1.69 bits per heavy atom. The zero-order valence-corrected chi connectivity index (χ0v) is 20.3. The van der Waals surface area contributed by atoms with Gasteiger partial charge in [0.2, 0.25) is 5.91 Å². The van der Waals surface area contributed by atoms with Crippen LogP contribution in [0.2, 0.25) is 0 Å². The maximum atomic E-state index is 13.2. The molecule has 0 bridgehead atoms. The van der Waals surface area contributed by atoms with Crippen molar-refractivity contribution in [1.82, 2.24) is 10.3 Å². The molecule has 0 unspecified atom stereocenters. The molecule has 178 valence electrons. The summed E-state index contributed by atoms with van der Waals surface area (Å²) >= 11 is 0. The third-order valence-corrected chi connectivity index (χ3v) is 5.86. The van der Waals surface area contributed by atoms with Crippen molar-refractivity contribution < 1.29 is 9.59 Å². The second-order valence-corrected chi connectivity index (χ2v) is 8.70. The molecule has 4 rings (SSSR count). The molecule has 1 aromatic heterocycles. The van der Waals surface area contributed by atoms with Crippen LogP contribution in [0.5, 0.6) is 0 Å². The lowest BCUT2D eigenvalue weighted by atomic mass is 10.0. The van der Waals surface area contributed by atoms with Crippen LogP contribution >= 0.6 is 0 Å². The number of nitrogens with zero attached hydrogens (tertiary/aromatic N) is 2. The first-order valence-electron chi connectivity index (χ1n) is 11.7. The molecule has 0 radical (unpaired) electrons. The predicted octanol–water partition coefficient (Wildman–Crippen LogP) is 5.42. The van der Waals surface area contributed by atoms with Crippen LogP contribution in [0.4, 0.5) is 11.4 Å². The minimum atomic E-state index is -0.120. The molecule has 0 aliphatic heterocycles. The van der Waals surface area contributed by atoms with Crippen LogP contribution in [0.1, 0.15) is 29.3 Å². The van der Waals surface area contributed by atoms with E-state index in [2.05, 4.69) is 34.7 Å². The zero-order chi connectivity index (χ0) is 24.8. The molecule has 1 heterocycles. The molecule has 0 saturated heterocycles. The Morgan fingerprint density at radius 3 is 2.40 bits per heavy atom. The van der Waals surface area contributed by atoms with Crippen molar-refractivity contribution in [1.29, 1.82) is 0 Å². The molecular weight excluding hydrogens is 436 g/mol. The number of rotatable bonds is 8. The van der Waals surface area contributed by atoms with Crippen molar-refractivity contribution >= 4 is 34.1 Å². The summed E-state index contributed by atoms with van der Waals surface area (Å²) in [7, 11) is 2.06. The van der Waals surface area contributed by atoms with E-state index in [-0.39, 0.29) is 11.8 Å². The minimum absolute atomic E-state index is 0.110. The van der Waals surface area contributed by atoms with E-state index < -0.39 is 0 Å². The number of anilines is 2. The van der Waals surface area contributed by atoms with Gasteiger partial charge in [-0.15, -0.1) is 0 Å². The van der Waals surface area contributed by atoms with Gasteiger partial charge >= 0.3 is 0 Å². The lowest BCUT2D eigenvalue weighted by Crippen LogP contribution is -2.28. The molecule has 0 saturated carbocycles. The van der Waals surface area contributed by atoms with E-state index in [0.717, 1.165) is 46.4 Å². The van der Waals surface area contributed by atoms with Crippen molar-refractivity contribution in [3.05, 3.63) is 90.0 Å². The van der Waals surface area contributed by atoms with Gasteiger partial charge in [0.05, 0.1) is 16.8 Å². The summed E-state index contributed by atoms with van der Waals surface area (Å²) in [4.78, 5) is 31.5. The van der Waals surface area contributed by atoms with Gasteiger partial charge in [0.15, 0.2) is 0 Å². The van der Waals surface area contributed by atoms with Gasteiger partial charge in [0.25, 0.3) is 5.91 Å². The van der Waals surface area contributed by atoms with Gasteiger partial charge < -0.3 is 15.5 Å². The third kappa shape index (κ3) is 6.03. The van der Waals surface area contributed by atoms with Gasteiger partial charge in [-0.05, 0) is 55.8 Å². The van der Waals surface area contributed by atoms with Crippen LogP contribution in [0, 0.1) is 6.92 Å². The van der Waals surface area contributed by atoms with Crippen LogP contribution in [-0.2, 0) is 4.79 Å². The number of amides is 2. The van der Waals surface area contributed by atoms with E-state index in [4.69, 9.17) is 4.98 Å². The largest absolute Gasteiger partial charge is 0.375 e. The number of pyridine rings is 1. The van der Waals surface area contributed by atoms with Crippen LogP contribution in [-0.4, -0.2) is 36.9 Å². The molecular formula is C29H30N4O2. The zero-order valence-electron chi connectivity index (χ0n) is 20.3. The first kappa shape index (κ1) is 24.0. The Bertz CT molecular complexity index is 1330. The number of hydrogen-bond donors (Lipinski definition) is 2. The van der Waals surface area contributed by atoms with Crippen molar-refractivity contribution in [2.24, 2.45) is 0 Å². The van der Waals surface area contributed by atoms with E-state index in [1.54, 1.807) is 0 Å². The van der Waals surface area contributed by atoms with Gasteiger partial charge in [-0.1, -0.05) is 42.0 Å². The SMILES string of the molecule is CC(=O)Nc1ccc(-c2cc(C(=O)NCCCN(C)c3ccccc3)c3cc(C)ccc3n2)cc1. The molecule has 0 spiro atoms. The maximum absolute atomic E-state index is 13.2. The summed E-state index contributed by atoms with van der Waals surface area (Å²) in [6.07, 6.45) is 0.830. The Balaban J connectivity index is 1.52. The highest BCUT2D eigenvalue weighted by molar-refractivity contribution is 6.07. The summed E-state index contributed by atoms with van der Waals surface area (Å²) in [5.74, 6) is -0.229. The Kier molecular flexibility index (Phi) is 7.41. The second kappa shape index (κ2) is 10.8. The van der Waals surface area contributed by atoms with Crippen LogP contribution in [0.15, 0.2) is 78.9 Å². The summed E-state index contributed by atoms with van der Waals surface area (Å²) in [6, 6.07) is 25.5. The van der Waals surface area contributed by atoms with E-state index in [1.807, 2.05) is 73.7 Å². The fourth-order valence-corrected chi connectivity index (χ4v) is 4.03. The molecule has 4 aromatic rings. The monoisotopic (exact) mass is 466 g/mol. The van der Waals surface area contributed by atoms with E-state index >= 15 is 0 Å². The Hall–Kier alpha value is -4.19. The third-order valence-electron chi connectivity index (χ3n) is 5.86. The Labute approximate surface area is 206 Å². The number of fused-ring (bicyclic) bond motifs is 1. The fraction of sp³-hybridized carbons (Fsp3) is 0.207. The molecule has 0 fully saturated rings. The van der Waals surface area contributed by atoms with Gasteiger partial charge in [0.1, 0.15) is 0 Å². The second-order valence-electron chi connectivity index (χ2n) is 8.70. The van der Waals surface area contributed by atoms with E-state index in [9.17, 15) is 9.59 Å². The van der Waals surface area contributed by atoms with Crippen LogP contribution in [0.3, 0.4) is 0 Å². The highest BCUT2D eigenvalue weighted by Crippen LogP contribution is 2.27. The molecule has 35 heavy (non-hydrogen) atoms. The van der Waals surface area contributed by atoms with Crippen LogP contribution in [0.25, 0.3) is 22.2 Å². The average molecular weight is 467 g/mol. The molecule has 2 N–H and O–H groups in total. The molecule has 6 heteroatoms. The quantitative estimate of drug-likeness (QED) is 0.340. The van der Waals surface area contributed by atoms with Crippen LogP contribution < -0.4 is 15.5 Å². The topological polar surface area (TPSA) is 74.3 Å². The van der Waals surface area contributed by atoms with Crippen molar-refractivity contribution in [3.63, 3.8) is 0 Å².